The van der Waals surface area contributed by atoms with Crippen LogP contribution in [0.15, 0.2) is 72.9 Å². The van der Waals surface area contributed by atoms with Crippen LogP contribution < -0.4 is 5.32 Å². The molecule has 0 spiro atoms. The Hall–Kier alpha value is -4.17. The first kappa shape index (κ1) is 21.7. The fourth-order valence-electron chi connectivity index (χ4n) is 3.80. The smallest absolute Gasteiger partial charge is 0.251 e. The molecule has 0 aliphatic heterocycles. The first-order valence-electron chi connectivity index (χ1n) is 11.1. The second-order valence-electron chi connectivity index (χ2n) is 8.45. The van der Waals surface area contributed by atoms with Crippen molar-refractivity contribution in [1.82, 2.24) is 35.2 Å². The van der Waals surface area contributed by atoms with E-state index in [0.717, 1.165) is 39.8 Å². The van der Waals surface area contributed by atoms with Crippen LogP contribution in [-0.2, 0) is 6.54 Å². The van der Waals surface area contributed by atoms with Gasteiger partial charge in [-0.3, -0.25) is 9.78 Å². The van der Waals surface area contributed by atoms with Gasteiger partial charge in [-0.05, 0) is 62.1 Å². The molecule has 0 radical (unpaired) electrons. The van der Waals surface area contributed by atoms with Crippen LogP contribution >= 0.6 is 0 Å². The molecular weight excluding hydrogens is 426 g/mol. The third-order valence-electron chi connectivity index (χ3n) is 5.65. The molecule has 170 valence electrons. The van der Waals surface area contributed by atoms with Crippen molar-refractivity contribution in [3.8, 4) is 11.3 Å². The van der Waals surface area contributed by atoms with Gasteiger partial charge in [-0.15, -0.1) is 5.10 Å². The number of likely N-dealkylation sites (N-methyl/N-ethyl adjacent to an activating group) is 1. The second kappa shape index (κ2) is 9.36. The number of benzene rings is 2. The van der Waals surface area contributed by atoms with Crippen molar-refractivity contribution in [2.45, 2.75) is 6.54 Å². The highest BCUT2D eigenvalue weighted by Gasteiger charge is 2.11. The number of carbonyl (C=O) groups excluding carboxylic acids is 1. The zero-order valence-corrected chi connectivity index (χ0v) is 19.1. The van der Waals surface area contributed by atoms with Gasteiger partial charge in [-0.2, -0.15) is 0 Å². The molecule has 34 heavy (non-hydrogen) atoms. The van der Waals surface area contributed by atoms with E-state index in [1.807, 2.05) is 78.3 Å². The van der Waals surface area contributed by atoms with Gasteiger partial charge in [0.2, 0.25) is 0 Å². The molecule has 0 atom stereocenters. The molecule has 0 saturated carbocycles. The van der Waals surface area contributed by atoms with Crippen molar-refractivity contribution in [3.05, 3.63) is 84.1 Å². The molecule has 1 amide bonds. The Bertz CT molecular complexity index is 1460. The van der Waals surface area contributed by atoms with Crippen molar-refractivity contribution in [2.24, 2.45) is 0 Å². The topological polar surface area (TPSA) is 88.8 Å². The minimum atomic E-state index is -0.0790. The van der Waals surface area contributed by atoms with E-state index in [4.69, 9.17) is 4.98 Å². The van der Waals surface area contributed by atoms with Crippen LogP contribution in [0.1, 0.15) is 15.9 Å². The lowest BCUT2D eigenvalue weighted by molar-refractivity contribution is 0.0951. The Morgan fingerprint density at radius 2 is 1.82 bits per heavy atom. The number of nitrogens with one attached hydrogen (secondary N) is 1. The molecule has 3 heterocycles. The van der Waals surface area contributed by atoms with E-state index in [2.05, 4.69) is 32.7 Å². The van der Waals surface area contributed by atoms with Crippen molar-refractivity contribution in [2.75, 3.05) is 27.2 Å². The van der Waals surface area contributed by atoms with E-state index < -0.39 is 0 Å². The summed E-state index contributed by atoms with van der Waals surface area (Å²) in [6, 6.07) is 21.5. The summed E-state index contributed by atoms with van der Waals surface area (Å²) in [5, 5.41) is 12.6. The Balaban J connectivity index is 1.36. The van der Waals surface area contributed by atoms with Gasteiger partial charge in [-0.25, -0.2) is 9.67 Å². The Kier molecular flexibility index (Phi) is 5.97. The number of hydrogen-bond acceptors (Lipinski definition) is 6. The molecule has 5 rings (SSSR count). The van der Waals surface area contributed by atoms with Gasteiger partial charge in [-0.1, -0.05) is 29.5 Å². The highest BCUT2D eigenvalue weighted by atomic mass is 16.1. The van der Waals surface area contributed by atoms with Crippen LogP contribution in [0.3, 0.4) is 0 Å². The molecule has 0 aliphatic carbocycles. The number of aromatic nitrogens is 5. The lowest BCUT2D eigenvalue weighted by atomic mass is 10.1. The van der Waals surface area contributed by atoms with Crippen molar-refractivity contribution in [1.29, 1.82) is 0 Å². The molecule has 0 unspecified atom stereocenters. The highest BCUT2D eigenvalue weighted by Crippen LogP contribution is 2.22. The summed E-state index contributed by atoms with van der Waals surface area (Å²) >= 11 is 0. The van der Waals surface area contributed by atoms with Crippen molar-refractivity contribution in [3.63, 3.8) is 0 Å². The lowest BCUT2D eigenvalue weighted by Crippen LogP contribution is -2.31. The number of nitrogens with zero attached hydrogens (tertiary/aromatic N) is 6. The van der Waals surface area contributed by atoms with Gasteiger partial charge in [0.05, 0.1) is 17.8 Å². The van der Waals surface area contributed by atoms with E-state index >= 15 is 0 Å². The second-order valence-corrected chi connectivity index (χ2v) is 8.45. The summed E-state index contributed by atoms with van der Waals surface area (Å²) in [4.78, 5) is 23.6. The van der Waals surface area contributed by atoms with Crippen LogP contribution in [0.5, 0.6) is 0 Å². The van der Waals surface area contributed by atoms with Crippen molar-refractivity contribution < 1.29 is 4.79 Å². The molecule has 2 aromatic carbocycles. The van der Waals surface area contributed by atoms with Crippen molar-refractivity contribution >= 4 is 28.0 Å². The van der Waals surface area contributed by atoms with Gasteiger partial charge in [0.1, 0.15) is 5.52 Å². The summed E-state index contributed by atoms with van der Waals surface area (Å²) < 4.78 is 1.81. The maximum Gasteiger partial charge on any atom is 0.251 e. The van der Waals surface area contributed by atoms with E-state index in [-0.39, 0.29) is 5.91 Å². The van der Waals surface area contributed by atoms with E-state index in [1.54, 1.807) is 6.20 Å². The normalized spacial score (nSPS) is 11.4. The van der Waals surface area contributed by atoms with E-state index in [9.17, 15) is 4.79 Å². The fraction of sp³-hybridized carbons (Fsp3) is 0.192. The van der Waals surface area contributed by atoms with Crippen LogP contribution in [0.25, 0.3) is 33.3 Å². The maximum atomic E-state index is 12.3. The minimum Gasteiger partial charge on any atom is -0.351 e. The molecule has 8 nitrogen and oxygen atoms in total. The van der Waals surface area contributed by atoms with Gasteiger partial charge < -0.3 is 10.2 Å². The largest absolute Gasteiger partial charge is 0.351 e. The SMILES string of the molecule is CN(C)CCNC(=O)c1ccc(-c2ccc3nnn(Cc4ccc5ncccc5c4)c3n2)cc1. The van der Waals surface area contributed by atoms with Crippen LogP contribution in [0.2, 0.25) is 0 Å². The van der Waals surface area contributed by atoms with Gasteiger partial charge in [0, 0.05) is 35.8 Å². The van der Waals surface area contributed by atoms with Crippen LogP contribution in [-0.4, -0.2) is 63.0 Å². The Labute approximate surface area is 197 Å². The average molecular weight is 452 g/mol. The number of pyridine rings is 2. The third kappa shape index (κ3) is 4.62. The van der Waals surface area contributed by atoms with Gasteiger partial charge in [0.15, 0.2) is 5.65 Å². The summed E-state index contributed by atoms with van der Waals surface area (Å²) in [6.45, 7) is 1.96. The average Bonchev–Trinajstić information content (AvgIpc) is 3.25. The quantitative estimate of drug-likeness (QED) is 0.408. The molecule has 0 aliphatic rings. The molecule has 0 saturated heterocycles. The molecule has 1 N–H and O–H groups in total. The highest BCUT2D eigenvalue weighted by molar-refractivity contribution is 5.94. The predicted octanol–water partition coefficient (Wildman–Crippen LogP) is 3.38. The fourth-order valence-corrected chi connectivity index (χ4v) is 3.80. The summed E-state index contributed by atoms with van der Waals surface area (Å²) in [5.74, 6) is -0.0790. The van der Waals surface area contributed by atoms with Crippen LogP contribution in [0, 0.1) is 0 Å². The molecule has 3 aromatic heterocycles. The molecule has 8 heteroatoms. The van der Waals surface area contributed by atoms with E-state index in [1.165, 1.54) is 0 Å². The molecule has 5 aromatic rings. The molecule has 0 bridgehead atoms. The Morgan fingerprint density at radius 3 is 2.65 bits per heavy atom. The zero-order valence-electron chi connectivity index (χ0n) is 19.1. The zero-order chi connectivity index (χ0) is 23.5. The molecular formula is C26H25N7O. The number of hydrogen-bond donors (Lipinski definition) is 1. The van der Waals surface area contributed by atoms with E-state index in [0.29, 0.717) is 24.3 Å². The lowest BCUT2D eigenvalue weighted by Gasteiger charge is -2.10. The van der Waals surface area contributed by atoms with Gasteiger partial charge >= 0.3 is 0 Å². The third-order valence-corrected chi connectivity index (χ3v) is 5.65. The summed E-state index contributed by atoms with van der Waals surface area (Å²) in [7, 11) is 3.96. The Morgan fingerprint density at radius 1 is 1.00 bits per heavy atom. The summed E-state index contributed by atoms with van der Waals surface area (Å²) in [6.07, 6.45) is 1.79. The van der Waals surface area contributed by atoms with Crippen LogP contribution in [0.4, 0.5) is 0 Å². The number of amides is 1. The number of rotatable bonds is 7. The minimum absolute atomic E-state index is 0.0790. The standard InChI is InChI=1S/C26H25N7O/c1-32(2)15-14-28-26(34)20-8-6-19(7-9-20)23-11-12-24-25(29-23)33(31-30-24)17-18-5-10-22-21(16-18)4-3-13-27-22/h3-13,16H,14-15,17H2,1-2H3,(H,28,34). The molecule has 0 fully saturated rings. The van der Waals surface area contributed by atoms with Gasteiger partial charge in [0.25, 0.3) is 5.91 Å². The monoisotopic (exact) mass is 451 g/mol. The summed E-state index contributed by atoms with van der Waals surface area (Å²) in [5.41, 5.74) is 5.88. The maximum absolute atomic E-state index is 12.3. The first-order chi connectivity index (χ1) is 16.6. The number of fused-ring (bicyclic) bond motifs is 2. The number of carbonyl (C=O) groups is 1. The first-order valence-corrected chi connectivity index (χ1v) is 11.1. The predicted molar refractivity (Wildman–Crippen MR) is 132 cm³/mol.